The number of nitrogens with one attached hydrogen (secondary N) is 1. The molecule has 7 nitrogen and oxygen atoms in total. The first-order valence-corrected chi connectivity index (χ1v) is 7.34. The minimum Gasteiger partial charge on any atom is -0.496 e. The van der Waals surface area contributed by atoms with Crippen LogP contribution < -0.4 is 10.1 Å². The Morgan fingerprint density at radius 3 is 2.72 bits per heavy atom. The van der Waals surface area contributed by atoms with Crippen molar-refractivity contribution in [3.05, 3.63) is 68.7 Å². The fraction of sp³-hybridized carbons (Fsp3) is 0.0588. The summed E-state index contributed by atoms with van der Waals surface area (Å²) in [4.78, 5) is 22.5. The van der Waals surface area contributed by atoms with Crippen LogP contribution in [0, 0.1) is 21.4 Å². The van der Waals surface area contributed by atoms with E-state index < -0.39 is 10.8 Å². The van der Waals surface area contributed by atoms with Gasteiger partial charge in [-0.2, -0.15) is 5.26 Å². The molecule has 0 aromatic heterocycles. The summed E-state index contributed by atoms with van der Waals surface area (Å²) in [5.74, 6) is -0.199. The van der Waals surface area contributed by atoms with E-state index in [2.05, 4.69) is 5.32 Å². The van der Waals surface area contributed by atoms with E-state index in [1.165, 1.54) is 25.3 Å². The van der Waals surface area contributed by atoms with Gasteiger partial charge in [-0.25, -0.2) is 0 Å². The van der Waals surface area contributed by atoms with Gasteiger partial charge in [0.05, 0.1) is 12.0 Å². The number of methoxy groups -OCH3 is 1. The largest absolute Gasteiger partial charge is 0.496 e. The Labute approximate surface area is 148 Å². The summed E-state index contributed by atoms with van der Waals surface area (Å²) in [5.41, 5.74) is 0.190. The molecular weight excluding hydrogens is 346 g/mol. The number of nitro benzene ring substituents is 1. The second-order valence-electron chi connectivity index (χ2n) is 4.79. The van der Waals surface area contributed by atoms with Crippen molar-refractivity contribution in [1.29, 1.82) is 5.26 Å². The third-order valence-electron chi connectivity index (χ3n) is 3.20. The number of nitriles is 1. The van der Waals surface area contributed by atoms with Gasteiger partial charge in [-0.05, 0) is 24.3 Å². The van der Waals surface area contributed by atoms with Gasteiger partial charge in [-0.3, -0.25) is 14.9 Å². The number of amides is 1. The van der Waals surface area contributed by atoms with Crippen LogP contribution in [0.1, 0.15) is 5.56 Å². The smallest absolute Gasteiger partial charge is 0.289 e. The van der Waals surface area contributed by atoms with Crippen LogP contribution >= 0.6 is 11.6 Å². The minimum atomic E-state index is -0.704. The van der Waals surface area contributed by atoms with Crippen LogP contribution in [0.2, 0.25) is 5.02 Å². The van der Waals surface area contributed by atoms with Gasteiger partial charge in [0.1, 0.15) is 22.4 Å². The van der Waals surface area contributed by atoms with Gasteiger partial charge in [0, 0.05) is 17.3 Å². The second-order valence-corrected chi connectivity index (χ2v) is 5.20. The average Bonchev–Trinajstić information content (AvgIpc) is 2.61. The van der Waals surface area contributed by atoms with Gasteiger partial charge < -0.3 is 10.1 Å². The lowest BCUT2D eigenvalue weighted by Crippen LogP contribution is -2.13. The van der Waals surface area contributed by atoms with Gasteiger partial charge in [0.2, 0.25) is 0 Å². The number of carbonyl (C=O) groups is 1. The van der Waals surface area contributed by atoms with Crippen molar-refractivity contribution in [2.24, 2.45) is 0 Å². The number of nitrogens with zero attached hydrogens (tertiary/aromatic N) is 2. The Kier molecular flexibility index (Phi) is 5.71. The zero-order valence-corrected chi connectivity index (χ0v) is 13.8. The fourth-order valence-corrected chi connectivity index (χ4v) is 2.21. The van der Waals surface area contributed by atoms with E-state index in [4.69, 9.17) is 16.3 Å². The zero-order valence-electron chi connectivity index (χ0n) is 13.0. The third-order valence-corrected chi connectivity index (χ3v) is 3.52. The van der Waals surface area contributed by atoms with E-state index in [0.717, 1.165) is 6.07 Å². The van der Waals surface area contributed by atoms with Gasteiger partial charge in [-0.15, -0.1) is 0 Å². The first-order chi connectivity index (χ1) is 12.0. The predicted octanol–water partition coefficient (Wildman–Crippen LogP) is 3.80. The van der Waals surface area contributed by atoms with E-state index in [9.17, 15) is 20.2 Å². The Balaban J connectivity index is 2.30. The Bertz CT molecular complexity index is 903. The molecule has 0 heterocycles. The molecular formula is C17H12ClN3O4. The van der Waals surface area contributed by atoms with Gasteiger partial charge in [0.25, 0.3) is 11.6 Å². The van der Waals surface area contributed by atoms with Crippen LogP contribution in [0.5, 0.6) is 5.75 Å². The van der Waals surface area contributed by atoms with Crippen molar-refractivity contribution in [3.8, 4) is 11.8 Å². The Morgan fingerprint density at radius 2 is 2.08 bits per heavy atom. The first-order valence-electron chi connectivity index (χ1n) is 6.96. The van der Waals surface area contributed by atoms with Crippen molar-refractivity contribution >= 4 is 35.0 Å². The number of rotatable bonds is 5. The summed E-state index contributed by atoms with van der Waals surface area (Å²) in [5, 5.41) is 22.5. The number of benzene rings is 2. The molecule has 0 fully saturated rings. The van der Waals surface area contributed by atoms with E-state index >= 15 is 0 Å². The summed E-state index contributed by atoms with van der Waals surface area (Å²) in [7, 11) is 1.48. The lowest BCUT2D eigenvalue weighted by molar-refractivity contribution is -0.384. The SMILES string of the molecule is COc1ccccc1/C=C(\C#N)C(=O)Nc1ccc(Cl)c([N+](=O)[O-])c1. The van der Waals surface area contributed by atoms with Crippen molar-refractivity contribution in [1.82, 2.24) is 0 Å². The van der Waals surface area contributed by atoms with Crippen LogP contribution in [-0.2, 0) is 4.79 Å². The highest BCUT2D eigenvalue weighted by Gasteiger charge is 2.16. The molecule has 0 unspecified atom stereocenters. The molecule has 0 spiro atoms. The van der Waals surface area contributed by atoms with Gasteiger partial charge in [-0.1, -0.05) is 29.8 Å². The molecule has 0 atom stereocenters. The van der Waals surface area contributed by atoms with Crippen LogP contribution in [0.15, 0.2) is 48.0 Å². The van der Waals surface area contributed by atoms with E-state index in [1.807, 2.05) is 0 Å². The lowest BCUT2D eigenvalue weighted by Gasteiger charge is -2.07. The molecule has 0 bridgehead atoms. The number of para-hydroxylation sites is 1. The van der Waals surface area contributed by atoms with E-state index in [-0.39, 0.29) is 22.0 Å². The van der Waals surface area contributed by atoms with Gasteiger partial charge >= 0.3 is 0 Å². The monoisotopic (exact) mass is 357 g/mol. The van der Waals surface area contributed by atoms with Crippen molar-refractivity contribution < 1.29 is 14.5 Å². The molecule has 8 heteroatoms. The number of halogens is 1. The summed E-state index contributed by atoms with van der Waals surface area (Å²) >= 11 is 5.73. The maximum Gasteiger partial charge on any atom is 0.289 e. The number of hydrogen-bond donors (Lipinski definition) is 1. The summed E-state index contributed by atoms with van der Waals surface area (Å²) < 4.78 is 5.17. The molecule has 0 saturated carbocycles. The van der Waals surface area contributed by atoms with Crippen molar-refractivity contribution in [3.63, 3.8) is 0 Å². The zero-order chi connectivity index (χ0) is 18.4. The standard InChI is InChI=1S/C17H12ClN3O4/c1-25-16-5-3-2-4-11(16)8-12(10-19)17(22)20-13-6-7-14(18)15(9-13)21(23)24/h2-9H,1H3,(H,20,22)/b12-8+. The summed E-state index contributed by atoms with van der Waals surface area (Å²) in [6.07, 6.45) is 1.37. The summed E-state index contributed by atoms with van der Waals surface area (Å²) in [6.45, 7) is 0. The number of anilines is 1. The van der Waals surface area contributed by atoms with Crippen LogP contribution in [-0.4, -0.2) is 17.9 Å². The van der Waals surface area contributed by atoms with Crippen LogP contribution in [0.4, 0.5) is 11.4 Å². The molecule has 2 aromatic carbocycles. The molecule has 0 saturated heterocycles. The molecule has 25 heavy (non-hydrogen) atoms. The molecule has 0 aliphatic rings. The fourth-order valence-electron chi connectivity index (χ4n) is 2.02. The highest BCUT2D eigenvalue weighted by Crippen LogP contribution is 2.28. The van der Waals surface area contributed by atoms with E-state index in [1.54, 1.807) is 30.3 Å². The maximum absolute atomic E-state index is 12.3. The second kappa shape index (κ2) is 7.95. The van der Waals surface area contributed by atoms with Crippen molar-refractivity contribution in [2.45, 2.75) is 0 Å². The van der Waals surface area contributed by atoms with Crippen LogP contribution in [0.3, 0.4) is 0 Å². The summed E-state index contributed by atoms with van der Waals surface area (Å²) in [6, 6.07) is 12.5. The number of carbonyl (C=O) groups excluding carboxylic acids is 1. The molecule has 1 amide bonds. The quantitative estimate of drug-likeness (QED) is 0.379. The molecule has 126 valence electrons. The molecule has 0 radical (unpaired) electrons. The normalized spacial score (nSPS) is 10.7. The third kappa shape index (κ3) is 4.34. The van der Waals surface area contributed by atoms with Crippen molar-refractivity contribution in [2.75, 3.05) is 12.4 Å². The topological polar surface area (TPSA) is 105 Å². The molecule has 1 N–H and O–H groups in total. The van der Waals surface area contributed by atoms with Crippen LogP contribution in [0.25, 0.3) is 6.08 Å². The molecule has 2 rings (SSSR count). The number of hydrogen-bond acceptors (Lipinski definition) is 5. The molecule has 2 aromatic rings. The van der Waals surface area contributed by atoms with E-state index in [0.29, 0.717) is 11.3 Å². The number of nitro groups is 1. The Morgan fingerprint density at radius 1 is 1.36 bits per heavy atom. The average molecular weight is 358 g/mol. The minimum absolute atomic E-state index is 0.0481. The Hall–Kier alpha value is -3.37. The molecule has 0 aliphatic heterocycles. The lowest BCUT2D eigenvalue weighted by atomic mass is 10.1. The highest BCUT2D eigenvalue weighted by atomic mass is 35.5. The number of ether oxygens (including phenoxy) is 1. The first kappa shape index (κ1) is 18.0. The molecule has 0 aliphatic carbocycles. The predicted molar refractivity (Wildman–Crippen MR) is 93.3 cm³/mol. The van der Waals surface area contributed by atoms with Gasteiger partial charge in [0.15, 0.2) is 0 Å². The highest BCUT2D eigenvalue weighted by molar-refractivity contribution is 6.32. The maximum atomic E-state index is 12.3.